The topological polar surface area (TPSA) is 41.6 Å². The second-order valence-corrected chi connectivity index (χ2v) is 6.52. The zero-order valence-corrected chi connectivity index (χ0v) is 14.7. The van der Waals surface area contributed by atoms with Crippen molar-refractivity contribution in [3.63, 3.8) is 0 Å². The predicted octanol–water partition coefficient (Wildman–Crippen LogP) is 3.08. The van der Waals surface area contributed by atoms with Gasteiger partial charge in [-0.1, -0.05) is 20.8 Å². The van der Waals surface area contributed by atoms with Gasteiger partial charge in [-0.25, -0.2) is 0 Å². The fourth-order valence-corrected chi connectivity index (χ4v) is 2.86. The van der Waals surface area contributed by atoms with Gasteiger partial charge in [0, 0.05) is 44.7 Å². The van der Waals surface area contributed by atoms with Gasteiger partial charge in [-0.05, 0) is 36.1 Å². The van der Waals surface area contributed by atoms with Crippen molar-refractivity contribution in [2.24, 2.45) is 0 Å². The summed E-state index contributed by atoms with van der Waals surface area (Å²) in [6.45, 7) is 12.1. The molecule has 1 aliphatic rings. The van der Waals surface area contributed by atoms with E-state index < -0.39 is 0 Å². The van der Waals surface area contributed by atoms with Crippen LogP contribution in [-0.4, -0.2) is 50.0 Å². The van der Waals surface area contributed by atoms with Crippen LogP contribution in [0.2, 0.25) is 0 Å². The summed E-state index contributed by atoms with van der Waals surface area (Å²) in [6, 6.07) is 5.90. The van der Waals surface area contributed by atoms with E-state index in [9.17, 15) is 4.79 Å². The molecular weight excluding hydrogens is 288 g/mol. The highest BCUT2D eigenvalue weighted by atomic mass is 16.5. The summed E-state index contributed by atoms with van der Waals surface area (Å²) >= 11 is 0. The van der Waals surface area contributed by atoms with Gasteiger partial charge in [0.15, 0.2) is 5.78 Å². The van der Waals surface area contributed by atoms with Crippen molar-refractivity contribution < 1.29 is 9.53 Å². The van der Waals surface area contributed by atoms with Crippen LogP contribution in [0.15, 0.2) is 18.2 Å². The van der Waals surface area contributed by atoms with Gasteiger partial charge in [-0.3, -0.25) is 4.79 Å². The number of nitrogens with one attached hydrogen (secondary N) is 1. The van der Waals surface area contributed by atoms with Gasteiger partial charge in [0.1, 0.15) is 5.75 Å². The van der Waals surface area contributed by atoms with Crippen LogP contribution >= 0.6 is 0 Å². The number of benzene rings is 1. The number of carbonyl (C=O) groups excluding carboxylic acids is 1. The van der Waals surface area contributed by atoms with Crippen molar-refractivity contribution in [1.29, 1.82) is 0 Å². The minimum Gasteiger partial charge on any atom is -0.493 e. The Morgan fingerprint density at radius 3 is 2.70 bits per heavy atom. The molecule has 0 unspecified atom stereocenters. The maximum Gasteiger partial charge on any atom is 0.164 e. The first kappa shape index (κ1) is 18.0. The fraction of sp³-hybridized carbons (Fsp3) is 0.632. The highest BCUT2D eigenvalue weighted by Crippen LogP contribution is 2.28. The van der Waals surface area contributed by atoms with E-state index in [1.165, 1.54) is 0 Å². The summed E-state index contributed by atoms with van der Waals surface area (Å²) in [5.74, 6) is 1.50. The minimum atomic E-state index is 0.229. The summed E-state index contributed by atoms with van der Waals surface area (Å²) in [4.78, 5) is 14.9. The van der Waals surface area contributed by atoms with Crippen molar-refractivity contribution in [2.45, 2.75) is 39.5 Å². The highest BCUT2D eigenvalue weighted by Gasteiger charge is 2.15. The average molecular weight is 318 g/mol. The van der Waals surface area contributed by atoms with Crippen molar-refractivity contribution in [3.8, 4) is 5.75 Å². The SMILES string of the molecule is CCCOc1ccc(C(=O)CCN2CCNCC2)cc1C(C)C. The number of ether oxygens (including phenoxy) is 1. The smallest absolute Gasteiger partial charge is 0.164 e. The molecule has 0 radical (unpaired) electrons. The standard InChI is InChI=1S/C19H30N2O2/c1-4-13-23-19-6-5-16(14-17(19)15(2)3)18(22)7-10-21-11-8-20-9-12-21/h5-6,14-15,20H,4,7-13H2,1-3H3. The molecule has 1 fully saturated rings. The van der Waals surface area contributed by atoms with Gasteiger partial charge in [-0.2, -0.15) is 0 Å². The number of hydrogen-bond acceptors (Lipinski definition) is 4. The molecule has 0 spiro atoms. The molecule has 0 aliphatic carbocycles. The molecule has 4 nitrogen and oxygen atoms in total. The first-order chi connectivity index (χ1) is 11.1. The molecule has 0 saturated carbocycles. The summed E-state index contributed by atoms with van der Waals surface area (Å²) < 4.78 is 5.81. The van der Waals surface area contributed by atoms with Crippen molar-refractivity contribution in [1.82, 2.24) is 10.2 Å². The average Bonchev–Trinajstić information content (AvgIpc) is 2.58. The molecule has 1 aromatic rings. The zero-order chi connectivity index (χ0) is 16.7. The normalized spacial score (nSPS) is 15.8. The first-order valence-electron chi connectivity index (χ1n) is 8.84. The molecule has 2 rings (SSSR count). The molecule has 1 saturated heterocycles. The van der Waals surface area contributed by atoms with E-state index >= 15 is 0 Å². The van der Waals surface area contributed by atoms with E-state index in [2.05, 4.69) is 31.0 Å². The molecule has 1 heterocycles. The lowest BCUT2D eigenvalue weighted by atomic mass is 9.97. The Morgan fingerprint density at radius 2 is 2.04 bits per heavy atom. The molecule has 1 N–H and O–H groups in total. The maximum atomic E-state index is 12.5. The molecule has 0 aromatic heterocycles. The molecule has 4 heteroatoms. The van der Waals surface area contributed by atoms with E-state index in [0.29, 0.717) is 12.3 Å². The lowest BCUT2D eigenvalue weighted by Gasteiger charge is -2.26. The van der Waals surface area contributed by atoms with Gasteiger partial charge in [0.2, 0.25) is 0 Å². The number of rotatable bonds is 8. The van der Waals surface area contributed by atoms with Crippen LogP contribution in [0.1, 0.15) is 55.5 Å². The molecule has 23 heavy (non-hydrogen) atoms. The molecule has 128 valence electrons. The van der Waals surface area contributed by atoms with Gasteiger partial charge in [-0.15, -0.1) is 0 Å². The van der Waals surface area contributed by atoms with Gasteiger partial charge in [0.25, 0.3) is 0 Å². The van der Waals surface area contributed by atoms with Crippen LogP contribution in [0.5, 0.6) is 5.75 Å². The minimum absolute atomic E-state index is 0.229. The summed E-state index contributed by atoms with van der Waals surface area (Å²) in [7, 11) is 0. The van der Waals surface area contributed by atoms with E-state index in [-0.39, 0.29) is 5.78 Å². The van der Waals surface area contributed by atoms with E-state index in [1.54, 1.807) is 0 Å². The lowest BCUT2D eigenvalue weighted by molar-refractivity contribution is 0.0960. The van der Waals surface area contributed by atoms with Crippen molar-refractivity contribution >= 4 is 5.78 Å². The van der Waals surface area contributed by atoms with E-state index in [0.717, 1.165) is 62.6 Å². The number of ketones is 1. The van der Waals surface area contributed by atoms with Crippen LogP contribution in [0.4, 0.5) is 0 Å². The number of nitrogens with zero attached hydrogens (tertiary/aromatic N) is 1. The third-order valence-corrected chi connectivity index (χ3v) is 4.28. The quantitative estimate of drug-likeness (QED) is 0.748. The molecule has 0 bridgehead atoms. The Kier molecular flexibility index (Phi) is 7.06. The van der Waals surface area contributed by atoms with Gasteiger partial charge in [0.05, 0.1) is 6.61 Å². The second kappa shape index (κ2) is 9.04. The molecule has 0 atom stereocenters. The van der Waals surface area contributed by atoms with Gasteiger partial charge >= 0.3 is 0 Å². The van der Waals surface area contributed by atoms with E-state index in [4.69, 9.17) is 4.74 Å². The van der Waals surface area contributed by atoms with Crippen LogP contribution < -0.4 is 10.1 Å². The maximum absolute atomic E-state index is 12.5. The monoisotopic (exact) mass is 318 g/mol. The number of carbonyl (C=O) groups is 1. The number of hydrogen-bond donors (Lipinski definition) is 1. The number of piperazine rings is 1. The third kappa shape index (κ3) is 5.33. The largest absolute Gasteiger partial charge is 0.493 e. The Balaban J connectivity index is 2.00. The third-order valence-electron chi connectivity index (χ3n) is 4.28. The Bertz CT molecular complexity index is 508. The van der Waals surface area contributed by atoms with E-state index in [1.807, 2.05) is 18.2 Å². The first-order valence-corrected chi connectivity index (χ1v) is 8.84. The van der Waals surface area contributed by atoms with Gasteiger partial charge < -0.3 is 15.0 Å². The fourth-order valence-electron chi connectivity index (χ4n) is 2.86. The summed E-state index contributed by atoms with van der Waals surface area (Å²) in [5.41, 5.74) is 1.94. The Morgan fingerprint density at radius 1 is 1.30 bits per heavy atom. The molecule has 0 amide bonds. The van der Waals surface area contributed by atoms with Crippen molar-refractivity contribution in [3.05, 3.63) is 29.3 Å². The number of Topliss-reactive ketones (excluding diaryl/α,β-unsaturated/α-hetero) is 1. The van der Waals surface area contributed by atoms with Crippen LogP contribution in [0, 0.1) is 0 Å². The summed E-state index contributed by atoms with van der Waals surface area (Å²) in [5, 5.41) is 3.34. The lowest BCUT2D eigenvalue weighted by Crippen LogP contribution is -2.44. The second-order valence-electron chi connectivity index (χ2n) is 6.52. The molecule has 1 aromatic carbocycles. The Hall–Kier alpha value is -1.39. The molecule has 1 aliphatic heterocycles. The van der Waals surface area contributed by atoms with Crippen molar-refractivity contribution in [2.75, 3.05) is 39.3 Å². The zero-order valence-electron chi connectivity index (χ0n) is 14.7. The van der Waals surface area contributed by atoms with Crippen LogP contribution in [0.25, 0.3) is 0 Å². The summed E-state index contributed by atoms with van der Waals surface area (Å²) in [6.07, 6.45) is 1.58. The van der Waals surface area contributed by atoms with Crippen LogP contribution in [0.3, 0.4) is 0 Å². The highest BCUT2D eigenvalue weighted by molar-refractivity contribution is 5.96. The van der Waals surface area contributed by atoms with Crippen LogP contribution in [-0.2, 0) is 0 Å². The Labute approximate surface area is 140 Å². The molecular formula is C19H30N2O2. The predicted molar refractivity (Wildman–Crippen MR) is 94.6 cm³/mol.